The van der Waals surface area contributed by atoms with Gasteiger partial charge in [0.05, 0.1) is 5.69 Å². The lowest BCUT2D eigenvalue weighted by molar-refractivity contribution is 0.949. The lowest BCUT2D eigenvalue weighted by Crippen LogP contribution is -2.17. The van der Waals surface area contributed by atoms with E-state index in [-0.39, 0.29) is 0 Å². The summed E-state index contributed by atoms with van der Waals surface area (Å²) in [5.41, 5.74) is 4.63. The van der Waals surface area contributed by atoms with Gasteiger partial charge < -0.3 is 9.80 Å². The molecule has 1 aliphatic heterocycles. The summed E-state index contributed by atoms with van der Waals surface area (Å²) < 4.78 is 0. The molecule has 0 aliphatic carbocycles. The van der Waals surface area contributed by atoms with Gasteiger partial charge in [0.1, 0.15) is 0 Å². The highest BCUT2D eigenvalue weighted by atomic mass is 15.1. The van der Waals surface area contributed by atoms with Crippen molar-refractivity contribution in [3.05, 3.63) is 54.1 Å². The average molecular weight is 293 g/mol. The molecule has 3 nitrogen and oxygen atoms in total. The lowest BCUT2D eigenvalue weighted by atomic mass is 10.2. The molecule has 0 bridgehead atoms. The summed E-state index contributed by atoms with van der Waals surface area (Å²) in [4.78, 5) is 9.08. The Balaban J connectivity index is 1.66. The van der Waals surface area contributed by atoms with Gasteiger partial charge in [-0.2, -0.15) is 0 Å². The Morgan fingerprint density at radius 3 is 2.14 bits per heavy atom. The predicted molar refractivity (Wildman–Crippen MR) is 95.9 cm³/mol. The number of rotatable bonds is 4. The topological polar surface area (TPSA) is 18.8 Å². The van der Waals surface area contributed by atoms with Crippen LogP contribution in [0.25, 0.3) is 0 Å². The van der Waals surface area contributed by atoms with Crippen LogP contribution in [0.1, 0.15) is 18.4 Å². The molecule has 3 heteroatoms. The quantitative estimate of drug-likeness (QED) is 0.790. The molecular formula is C19H23N3. The van der Waals surface area contributed by atoms with Crippen LogP contribution in [0.2, 0.25) is 0 Å². The number of aliphatic imine (C=N–C) groups is 1. The zero-order valence-corrected chi connectivity index (χ0v) is 13.4. The largest absolute Gasteiger partial charge is 0.378 e. The second-order valence-corrected chi connectivity index (χ2v) is 5.95. The van der Waals surface area contributed by atoms with Crippen molar-refractivity contribution in [3.8, 4) is 0 Å². The summed E-state index contributed by atoms with van der Waals surface area (Å²) in [6.07, 6.45) is 4.55. The SMILES string of the molecule is CN(C)c1ccc(N=Cc2ccc(N3CCCC3)cc2)cc1. The van der Waals surface area contributed by atoms with E-state index in [4.69, 9.17) is 0 Å². The Hall–Kier alpha value is -2.29. The fraction of sp³-hybridized carbons (Fsp3) is 0.316. The molecule has 1 heterocycles. The van der Waals surface area contributed by atoms with Crippen LogP contribution in [0.4, 0.5) is 17.1 Å². The molecule has 114 valence electrons. The standard InChI is InChI=1S/C19H23N3/c1-21(2)18-11-7-17(8-12-18)20-15-16-5-9-19(10-6-16)22-13-3-4-14-22/h5-12,15H,3-4,13-14H2,1-2H3. The third-order valence-corrected chi connectivity index (χ3v) is 4.09. The van der Waals surface area contributed by atoms with E-state index in [1.54, 1.807) is 0 Å². The molecule has 0 saturated carbocycles. The van der Waals surface area contributed by atoms with E-state index in [1.165, 1.54) is 37.3 Å². The molecule has 2 aromatic rings. The number of anilines is 2. The molecule has 22 heavy (non-hydrogen) atoms. The van der Waals surface area contributed by atoms with Gasteiger partial charge in [0, 0.05) is 44.8 Å². The van der Waals surface area contributed by atoms with Gasteiger partial charge in [-0.25, -0.2) is 0 Å². The summed E-state index contributed by atoms with van der Waals surface area (Å²) in [5.74, 6) is 0. The summed E-state index contributed by atoms with van der Waals surface area (Å²) in [5, 5.41) is 0. The summed E-state index contributed by atoms with van der Waals surface area (Å²) in [6.45, 7) is 2.37. The van der Waals surface area contributed by atoms with Crippen LogP contribution < -0.4 is 9.80 Å². The van der Waals surface area contributed by atoms with E-state index in [2.05, 4.69) is 51.2 Å². The second-order valence-electron chi connectivity index (χ2n) is 5.95. The van der Waals surface area contributed by atoms with E-state index in [1.807, 2.05) is 32.4 Å². The molecule has 0 unspecified atom stereocenters. The first-order valence-electron chi connectivity index (χ1n) is 7.89. The fourth-order valence-corrected chi connectivity index (χ4v) is 2.73. The Kier molecular flexibility index (Phi) is 4.42. The van der Waals surface area contributed by atoms with Crippen molar-refractivity contribution in [2.45, 2.75) is 12.8 Å². The Labute approximate surface area is 132 Å². The summed E-state index contributed by atoms with van der Waals surface area (Å²) in [6, 6.07) is 16.9. The molecule has 0 N–H and O–H groups in total. The normalized spacial score (nSPS) is 14.7. The van der Waals surface area contributed by atoms with Crippen LogP contribution in [0.15, 0.2) is 53.5 Å². The molecule has 0 spiro atoms. The van der Waals surface area contributed by atoms with Gasteiger partial charge in [0.2, 0.25) is 0 Å². The predicted octanol–water partition coefficient (Wildman–Crippen LogP) is 4.10. The smallest absolute Gasteiger partial charge is 0.0631 e. The number of hydrogen-bond donors (Lipinski definition) is 0. The molecular weight excluding hydrogens is 270 g/mol. The summed E-state index contributed by atoms with van der Waals surface area (Å²) in [7, 11) is 4.08. The van der Waals surface area contributed by atoms with Crippen LogP contribution in [-0.4, -0.2) is 33.4 Å². The molecule has 1 saturated heterocycles. The van der Waals surface area contributed by atoms with Crippen molar-refractivity contribution in [2.75, 3.05) is 37.0 Å². The van der Waals surface area contributed by atoms with Crippen molar-refractivity contribution >= 4 is 23.3 Å². The van der Waals surface area contributed by atoms with Crippen LogP contribution >= 0.6 is 0 Å². The second kappa shape index (κ2) is 6.65. The minimum absolute atomic E-state index is 0.981. The maximum absolute atomic E-state index is 4.55. The Morgan fingerprint density at radius 2 is 1.55 bits per heavy atom. The van der Waals surface area contributed by atoms with Gasteiger partial charge >= 0.3 is 0 Å². The Bertz CT molecular complexity index is 621. The zero-order valence-electron chi connectivity index (χ0n) is 13.4. The minimum Gasteiger partial charge on any atom is -0.378 e. The Morgan fingerprint density at radius 1 is 0.909 bits per heavy atom. The first kappa shape index (κ1) is 14.6. The minimum atomic E-state index is 0.981. The highest BCUT2D eigenvalue weighted by Gasteiger charge is 2.11. The maximum Gasteiger partial charge on any atom is 0.0631 e. The van der Waals surface area contributed by atoms with Crippen LogP contribution in [0.3, 0.4) is 0 Å². The van der Waals surface area contributed by atoms with Gasteiger partial charge in [-0.3, -0.25) is 4.99 Å². The van der Waals surface area contributed by atoms with Crippen molar-refractivity contribution in [1.82, 2.24) is 0 Å². The van der Waals surface area contributed by atoms with E-state index >= 15 is 0 Å². The van der Waals surface area contributed by atoms with E-state index in [0.717, 1.165) is 11.3 Å². The molecule has 1 fully saturated rings. The monoisotopic (exact) mass is 293 g/mol. The molecule has 0 aromatic heterocycles. The van der Waals surface area contributed by atoms with Gasteiger partial charge in [-0.1, -0.05) is 12.1 Å². The van der Waals surface area contributed by atoms with Crippen molar-refractivity contribution < 1.29 is 0 Å². The number of hydrogen-bond acceptors (Lipinski definition) is 3. The van der Waals surface area contributed by atoms with E-state index in [0.29, 0.717) is 0 Å². The zero-order chi connectivity index (χ0) is 15.4. The number of nitrogens with zero attached hydrogens (tertiary/aromatic N) is 3. The molecule has 1 aliphatic rings. The lowest BCUT2D eigenvalue weighted by Gasteiger charge is -2.17. The third-order valence-electron chi connectivity index (χ3n) is 4.09. The molecule has 0 amide bonds. The van der Waals surface area contributed by atoms with E-state index in [9.17, 15) is 0 Å². The fourth-order valence-electron chi connectivity index (χ4n) is 2.73. The van der Waals surface area contributed by atoms with Crippen molar-refractivity contribution in [3.63, 3.8) is 0 Å². The molecule has 3 rings (SSSR count). The first-order valence-corrected chi connectivity index (χ1v) is 7.89. The van der Waals surface area contributed by atoms with Gasteiger partial charge in [0.15, 0.2) is 0 Å². The van der Waals surface area contributed by atoms with Crippen molar-refractivity contribution in [2.24, 2.45) is 4.99 Å². The molecule has 0 atom stereocenters. The van der Waals surface area contributed by atoms with Gasteiger partial charge in [-0.05, 0) is 54.8 Å². The van der Waals surface area contributed by atoms with Crippen LogP contribution in [0.5, 0.6) is 0 Å². The van der Waals surface area contributed by atoms with Gasteiger partial charge in [-0.15, -0.1) is 0 Å². The molecule has 0 radical (unpaired) electrons. The highest BCUT2D eigenvalue weighted by molar-refractivity contribution is 5.82. The van der Waals surface area contributed by atoms with Crippen molar-refractivity contribution in [1.29, 1.82) is 0 Å². The van der Waals surface area contributed by atoms with E-state index < -0.39 is 0 Å². The molecule has 2 aromatic carbocycles. The summed E-state index contributed by atoms with van der Waals surface area (Å²) >= 11 is 0. The first-order chi connectivity index (χ1) is 10.7. The third kappa shape index (κ3) is 3.48. The van der Waals surface area contributed by atoms with Crippen LogP contribution in [-0.2, 0) is 0 Å². The van der Waals surface area contributed by atoms with Crippen LogP contribution in [0, 0.1) is 0 Å². The highest BCUT2D eigenvalue weighted by Crippen LogP contribution is 2.21. The van der Waals surface area contributed by atoms with Gasteiger partial charge in [0.25, 0.3) is 0 Å². The number of benzene rings is 2. The maximum atomic E-state index is 4.55. The average Bonchev–Trinajstić information content (AvgIpc) is 3.08.